The van der Waals surface area contributed by atoms with Crippen LogP contribution in [0.25, 0.3) is 22.3 Å². The maximum atomic E-state index is 15.7. The summed E-state index contributed by atoms with van der Waals surface area (Å²) >= 11 is 0. The van der Waals surface area contributed by atoms with E-state index in [-0.39, 0.29) is 17.5 Å². The van der Waals surface area contributed by atoms with Gasteiger partial charge in [-0.2, -0.15) is 9.97 Å². The van der Waals surface area contributed by atoms with Crippen LogP contribution in [0.15, 0.2) is 36.9 Å². The van der Waals surface area contributed by atoms with Gasteiger partial charge in [0.1, 0.15) is 23.9 Å². The summed E-state index contributed by atoms with van der Waals surface area (Å²) in [6.45, 7) is 6.97. The van der Waals surface area contributed by atoms with Crippen molar-refractivity contribution in [1.29, 1.82) is 0 Å². The van der Waals surface area contributed by atoms with Gasteiger partial charge in [-0.3, -0.25) is 9.69 Å². The zero-order valence-corrected chi connectivity index (χ0v) is 22.0. The van der Waals surface area contributed by atoms with Crippen molar-refractivity contribution in [1.82, 2.24) is 25.2 Å². The summed E-state index contributed by atoms with van der Waals surface area (Å²) in [7, 11) is 0. The van der Waals surface area contributed by atoms with Crippen LogP contribution in [0.3, 0.4) is 0 Å². The van der Waals surface area contributed by atoms with Crippen LogP contribution < -0.4 is 15.4 Å². The van der Waals surface area contributed by atoms with E-state index in [0.717, 1.165) is 37.9 Å². The zero-order chi connectivity index (χ0) is 26.6. The number of carbonyl (C=O) groups excluding carboxylic acids is 1. The molecular formula is C30H33FN6O2. The third-order valence-electron chi connectivity index (χ3n) is 9.03. The van der Waals surface area contributed by atoms with Crippen molar-refractivity contribution in [2.45, 2.75) is 50.0 Å². The Balaban J connectivity index is 1.23. The summed E-state index contributed by atoms with van der Waals surface area (Å²) in [5.41, 5.74) is 4.19. The highest BCUT2D eigenvalue weighted by atomic mass is 19.1. The van der Waals surface area contributed by atoms with Gasteiger partial charge < -0.3 is 15.4 Å². The molecule has 7 rings (SSSR count). The smallest absolute Gasteiger partial charge is 0.320 e. The van der Waals surface area contributed by atoms with Gasteiger partial charge in [-0.25, -0.2) is 9.37 Å². The molecule has 1 aromatic carbocycles. The first-order valence-electron chi connectivity index (χ1n) is 14.1. The van der Waals surface area contributed by atoms with E-state index in [1.165, 1.54) is 42.5 Å². The van der Waals surface area contributed by atoms with Crippen molar-refractivity contribution in [3.05, 3.63) is 53.9 Å². The van der Waals surface area contributed by atoms with Gasteiger partial charge in [-0.05, 0) is 86.7 Å². The van der Waals surface area contributed by atoms with Gasteiger partial charge in [0.15, 0.2) is 5.65 Å². The molecule has 39 heavy (non-hydrogen) atoms. The maximum absolute atomic E-state index is 15.7. The number of fused-ring (bicyclic) bond motifs is 5. The number of hydrogen-bond donors (Lipinski definition) is 2. The van der Waals surface area contributed by atoms with Crippen LogP contribution >= 0.6 is 0 Å². The van der Waals surface area contributed by atoms with Crippen LogP contribution in [0.1, 0.15) is 49.1 Å². The molecule has 2 aliphatic heterocycles. The largest absolute Gasteiger partial charge is 0.461 e. The van der Waals surface area contributed by atoms with E-state index in [2.05, 4.69) is 38.1 Å². The average Bonchev–Trinajstić information content (AvgIpc) is 3.23. The molecule has 2 saturated heterocycles. The fraction of sp³-hybridized carbons (Fsp3) is 0.467. The minimum absolute atomic E-state index is 0.0493. The van der Waals surface area contributed by atoms with E-state index < -0.39 is 5.82 Å². The van der Waals surface area contributed by atoms with Gasteiger partial charge in [-0.15, -0.1) is 0 Å². The Morgan fingerprint density at radius 2 is 2.05 bits per heavy atom. The molecule has 1 amide bonds. The first kappa shape index (κ1) is 24.5. The van der Waals surface area contributed by atoms with E-state index in [4.69, 9.17) is 9.72 Å². The Bertz CT molecular complexity index is 1470. The summed E-state index contributed by atoms with van der Waals surface area (Å²) in [4.78, 5) is 28.2. The quantitative estimate of drug-likeness (QED) is 0.318. The number of hydrogen-bond acceptors (Lipinski definition) is 7. The van der Waals surface area contributed by atoms with Crippen molar-refractivity contribution < 1.29 is 13.9 Å². The zero-order valence-electron chi connectivity index (χ0n) is 22.0. The van der Waals surface area contributed by atoms with Gasteiger partial charge in [0.2, 0.25) is 5.91 Å². The van der Waals surface area contributed by atoms with Gasteiger partial charge in [0.05, 0.1) is 10.9 Å². The molecule has 2 aromatic heterocycles. The minimum Gasteiger partial charge on any atom is -0.461 e. The normalized spacial score (nSPS) is 22.3. The molecule has 3 fully saturated rings. The predicted octanol–water partition coefficient (Wildman–Crippen LogP) is 4.21. The van der Waals surface area contributed by atoms with Gasteiger partial charge in [-0.1, -0.05) is 24.8 Å². The minimum atomic E-state index is -0.397. The van der Waals surface area contributed by atoms with Crippen LogP contribution in [-0.4, -0.2) is 64.1 Å². The fourth-order valence-corrected chi connectivity index (χ4v) is 7.04. The molecule has 3 aromatic rings. The lowest BCUT2D eigenvalue weighted by Crippen LogP contribution is -2.43. The average molecular weight is 529 g/mol. The molecule has 2 aliphatic carbocycles. The third kappa shape index (κ3) is 4.33. The molecule has 0 bridgehead atoms. The summed E-state index contributed by atoms with van der Waals surface area (Å²) in [5.74, 6) is 0.992. The van der Waals surface area contributed by atoms with Gasteiger partial charge >= 0.3 is 6.01 Å². The Kier molecular flexibility index (Phi) is 5.99. The van der Waals surface area contributed by atoms with E-state index in [9.17, 15) is 4.79 Å². The Morgan fingerprint density at radius 3 is 2.87 bits per heavy atom. The van der Waals surface area contributed by atoms with Crippen LogP contribution in [0, 0.1) is 11.7 Å². The number of carbonyl (C=O) groups is 1. The topological polar surface area (TPSA) is 92.3 Å². The molecule has 0 radical (unpaired) electrons. The summed E-state index contributed by atoms with van der Waals surface area (Å²) in [6, 6.07) is 7.83. The van der Waals surface area contributed by atoms with Crippen molar-refractivity contribution in [2.24, 2.45) is 5.92 Å². The molecule has 1 saturated carbocycles. The molecule has 4 aliphatic rings. The molecular weight excluding hydrogens is 495 g/mol. The number of rotatable bonds is 9. The number of benzene rings is 1. The lowest BCUT2D eigenvalue weighted by atomic mass is 9.95. The van der Waals surface area contributed by atoms with Crippen LogP contribution in [0.2, 0.25) is 0 Å². The number of nitrogens with zero attached hydrogens (tertiary/aromatic N) is 4. The maximum Gasteiger partial charge on any atom is 0.320 e. The Hall–Kier alpha value is -3.59. The lowest BCUT2D eigenvalue weighted by Gasteiger charge is -2.31. The van der Waals surface area contributed by atoms with Crippen LogP contribution in [0.5, 0.6) is 6.01 Å². The van der Waals surface area contributed by atoms with Crippen molar-refractivity contribution in [2.75, 3.05) is 38.1 Å². The van der Waals surface area contributed by atoms with Crippen molar-refractivity contribution >= 4 is 22.8 Å². The highest BCUT2D eigenvalue weighted by Gasteiger charge is 2.47. The standard InChI is InChI=1S/C30H33FN6O2/c1-2-24(38)32-10-11-33-27-22-16-23(31)26(20-7-3-6-18-14-19-15-21(19)25(18)20)34-28(22)36-29(35-27)39-17-30-8-4-12-37(30)13-5-9-30/h2-3,6-7,16,19,21H,1,4-5,8-15,17H2,(H,32,38)(H,33,34,35,36). The SMILES string of the molecule is C=CC(=O)NCCNc1nc(OCC23CCCN2CCC3)nc2nc(-c3cccc4c3C3CC3C4)c(F)cc12. The number of aromatic nitrogens is 3. The number of ether oxygens (including phenoxy) is 1. The number of pyridine rings is 1. The first-order valence-corrected chi connectivity index (χ1v) is 14.1. The molecule has 4 heterocycles. The van der Waals surface area contributed by atoms with Crippen LogP contribution in [0.4, 0.5) is 10.2 Å². The number of halogens is 1. The summed E-state index contributed by atoms with van der Waals surface area (Å²) < 4.78 is 21.9. The second-order valence-electron chi connectivity index (χ2n) is 11.4. The highest BCUT2D eigenvalue weighted by Crippen LogP contribution is 2.58. The van der Waals surface area contributed by atoms with E-state index >= 15 is 4.39 Å². The predicted molar refractivity (Wildman–Crippen MR) is 147 cm³/mol. The lowest BCUT2D eigenvalue weighted by molar-refractivity contribution is -0.116. The second kappa shape index (κ2) is 9.55. The molecule has 0 spiro atoms. The second-order valence-corrected chi connectivity index (χ2v) is 11.4. The first-order chi connectivity index (χ1) is 19.0. The molecule has 8 nitrogen and oxygen atoms in total. The number of nitrogens with one attached hydrogen (secondary N) is 2. The molecule has 2 unspecified atom stereocenters. The Morgan fingerprint density at radius 1 is 1.21 bits per heavy atom. The van der Waals surface area contributed by atoms with Crippen molar-refractivity contribution in [3.8, 4) is 17.3 Å². The summed E-state index contributed by atoms with van der Waals surface area (Å²) in [6.07, 6.45) is 8.06. The van der Waals surface area contributed by atoms with E-state index in [1.54, 1.807) is 0 Å². The number of anilines is 1. The number of amides is 1. The fourth-order valence-electron chi connectivity index (χ4n) is 7.04. The Labute approximate surface area is 227 Å². The van der Waals surface area contributed by atoms with E-state index in [1.807, 2.05) is 12.1 Å². The van der Waals surface area contributed by atoms with Gasteiger partial charge in [0, 0.05) is 18.7 Å². The molecule has 9 heteroatoms. The molecule has 2 atom stereocenters. The van der Waals surface area contributed by atoms with Crippen LogP contribution in [-0.2, 0) is 11.2 Å². The monoisotopic (exact) mass is 528 g/mol. The van der Waals surface area contributed by atoms with Gasteiger partial charge in [0.25, 0.3) is 0 Å². The molecule has 202 valence electrons. The highest BCUT2D eigenvalue weighted by molar-refractivity contribution is 5.89. The van der Waals surface area contributed by atoms with E-state index in [0.29, 0.717) is 54.1 Å². The summed E-state index contributed by atoms with van der Waals surface area (Å²) in [5, 5.41) is 6.44. The third-order valence-corrected chi connectivity index (χ3v) is 9.03. The molecule has 2 N–H and O–H groups in total. The van der Waals surface area contributed by atoms with Crippen molar-refractivity contribution in [3.63, 3.8) is 0 Å².